The lowest BCUT2D eigenvalue weighted by atomic mass is 10.2. The highest BCUT2D eigenvalue weighted by atomic mass is 35.5. The number of alkyl halides is 2. The molecule has 0 unspecified atom stereocenters. The molecule has 1 aromatic rings. The van der Waals surface area contributed by atoms with Gasteiger partial charge in [-0.15, -0.1) is 12.4 Å². The molecule has 2 N–H and O–H groups in total. The molecular weight excluding hydrogens is 290 g/mol. The van der Waals surface area contributed by atoms with E-state index in [0.717, 1.165) is 13.0 Å². The van der Waals surface area contributed by atoms with Crippen LogP contribution in [0.1, 0.15) is 18.4 Å². The van der Waals surface area contributed by atoms with Crippen LogP contribution in [0, 0.1) is 0 Å². The maximum atomic E-state index is 12.2. The van der Waals surface area contributed by atoms with Gasteiger partial charge in [0.25, 0.3) is 0 Å². The fraction of sp³-hybridized carbons (Fsp3) is 0.462. The molecule has 0 aliphatic heterocycles. The minimum atomic E-state index is -2.87. The Balaban J connectivity index is 0.00000361. The number of amides is 1. The summed E-state index contributed by atoms with van der Waals surface area (Å²) in [5.74, 6) is -0.0184. The lowest BCUT2D eigenvalue weighted by Crippen LogP contribution is -2.24. The monoisotopic (exact) mass is 308 g/mol. The minimum absolute atomic E-state index is 0. The first-order valence-corrected chi connectivity index (χ1v) is 6.07. The van der Waals surface area contributed by atoms with Gasteiger partial charge in [0.1, 0.15) is 5.75 Å². The summed E-state index contributed by atoms with van der Waals surface area (Å²) >= 11 is 0. The number of hydrogen-bond acceptors (Lipinski definition) is 3. The molecule has 1 aromatic carbocycles. The molecule has 0 aliphatic carbocycles. The molecule has 0 heterocycles. The normalized spacial score (nSPS) is 10.0. The van der Waals surface area contributed by atoms with Crippen LogP contribution in [-0.4, -0.2) is 26.1 Å². The Bertz CT molecular complexity index is 406. The molecule has 7 heteroatoms. The number of para-hydroxylation sites is 1. The Kier molecular flexibility index (Phi) is 9.67. The van der Waals surface area contributed by atoms with Crippen molar-refractivity contribution in [2.75, 3.05) is 13.6 Å². The quantitative estimate of drug-likeness (QED) is 0.725. The van der Waals surface area contributed by atoms with E-state index in [1.807, 2.05) is 7.05 Å². The summed E-state index contributed by atoms with van der Waals surface area (Å²) in [7, 11) is 1.82. The fourth-order valence-corrected chi connectivity index (χ4v) is 1.57. The third-order valence-electron chi connectivity index (χ3n) is 2.50. The highest BCUT2D eigenvalue weighted by molar-refractivity contribution is 5.85. The van der Waals surface area contributed by atoms with Gasteiger partial charge < -0.3 is 15.4 Å². The Labute approximate surface area is 123 Å². The number of carbonyl (C=O) groups excluding carboxylic acids is 1. The highest BCUT2D eigenvalue weighted by Crippen LogP contribution is 2.19. The number of hydrogen-bond donors (Lipinski definition) is 2. The third-order valence-corrected chi connectivity index (χ3v) is 2.50. The molecule has 0 saturated carbocycles. The first kappa shape index (κ1) is 18.6. The van der Waals surface area contributed by atoms with Crippen LogP contribution in [-0.2, 0) is 11.3 Å². The van der Waals surface area contributed by atoms with Crippen molar-refractivity contribution in [3.63, 3.8) is 0 Å². The maximum Gasteiger partial charge on any atom is 0.387 e. The molecule has 0 aliphatic rings. The smallest absolute Gasteiger partial charge is 0.387 e. The van der Waals surface area contributed by atoms with Crippen molar-refractivity contribution in [1.82, 2.24) is 10.6 Å². The maximum absolute atomic E-state index is 12.2. The average molecular weight is 309 g/mol. The summed E-state index contributed by atoms with van der Waals surface area (Å²) in [6.07, 6.45) is 1.14. The SMILES string of the molecule is CNCCCC(=O)NCc1ccccc1OC(F)F.Cl. The molecule has 0 saturated heterocycles. The van der Waals surface area contributed by atoms with Crippen LogP contribution in [0.15, 0.2) is 24.3 Å². The molecule has 0 radical (unpaired) electrons. The molecule has 0 aromatic heterocycles. The van der Waals surface area contributed by atoms with Crippen molar-refractivity contribution in [2.45, 2.75) is 26.0 Å². The molecule has 1 amide bonds. The first-order valence-electron chi connectivity index (χ1n) is 6.07. The second-order valence-electron chi connectivity index (χ2n) is 3.97. The topological polar surface area (TPSA) is 50.4 Å². The summed E-state index contributed by atoms with van der Waals surface area (Å²) in [5, 5.41) is 5.62. The van der Waals surface area contributed by atoms with Gasteiger partial charge in [-0.2, -0.15) is 8.78 Å². The van der Waals surface area contributed by atoms with E-state index in [-0.39, 0.29) is 30.6 Å². The zero-order valence-electron chi connectivity index (χ0n) is 11.2. The van der Waals surface area contributed by atoms with Gasteiger partial charge in [0.05, 0.1) is 0 Å². The van der Waals surface area contributed by atoms with E-state index >= 15 is 0 Å². The second-order valence-corrected chi connectivity index (χ2v) is 3.97. The molecule has 0 atom stereocenters. The summed E-state index contributed by atoms with van der Waals surface area (Å²) < 4.78 is 28.8. The number of carbonyl (C=O) groups is 1. The van der Waals surface area contributed by atoms with Gasteiger partial charge >= 0.3 is 6.61 Å². The largest absolute Gasteiger partial charge is 0.434 e. The van der Waals surface area contributed by atoms with Crippen LogP contribution in [0.2, 0.25) is 0 Å². The van der Waals surface area contributed by atoms with E-state index in [4.69, 9.17) is 0 Å². The molecule has 4 nitrogen and oxygen atoms in total. The Morgan fingerprint density at radius 3 is 2.70 bits per heavy atom. The van der Waals surface area contributed by atoms with Gasteiger partial charge in [-0.3, -0.25) is 4.79 Å². The molecule has 0 bridgehead atoms. The van der Waals surface area contributed by atoms with Gasteiger partial charge in [0.15, 0.2) is 0 Å². The lowest BCUT2D eigenvalue weighted by Gasteiger charge is -2.11. The van der Waals surface area contributed by atoms with Crippen LogP contribution in [0.5, 0.6) is 5.75 Å². The number of halogens is 3. The van der Waals surface area contributed by atoms with Crippen molar-refractivity contribution >= 4 is 18.3 Å². The van der Waals surface area contributed by atoms with Gasteiger partial charge in [0.2, 0.25) is 5.91 Å². The van der Waals surface area contributed by atoms with Crippen LogP contribution in [0.3, 0.4) is 0 Å². The first-order chi connectivity index (χ1) is 9.13. The highest BCUT2D eigenvalue weighted by Gasteiger charge is 2.09. The van der Waals surface area contributed by atoms with Gasteiger partial charge in [0, 0.05) is 18.5 Å². The van der Waals surface area contributed by atoms with Crippen LogP contribution < -0.4 is 15.4 Å². The molecule has 20 heavy (non-hydrogen) atoms. The van der Waals surface area contributed by atoms with Crippen LogP contribution >= 0.6 is 12.4 Å². The van der Waals surface area contributed by atoms with Crippen molar-refractivity contribution in [3.05, 3.63) is 29.8 Å². The Morgan fingerprint density at radius 2 is 2.05 bits per heavy atom. The van der Waals surface area contributed by atoms with Crippen LogP contribution in [0.4, 0.5) is 8.78 Å². The van der Waals surface area contributed by atoms with E-state index in [2.05, 4.69) is 15.4 Å². The van der Waals surface area contributed by atoms with E-state index in [0.29, 0.717) is 12.0 Å². The standard InChI is InChI=1S/C13H18F2N2O2.ClH/c1-16-8-4-7-12(18)17-9-10-5-2-3-6-11(10)19-13(14)15;/h2-3,5-6,13,16H,4,7-9H2,1H3,(H,17,18);1H. The zero-order chi connectivity index (χ0) is 14.1. The van der Waals surface area contributed by atoms with E-state index in [9.17, 15) is 13.6 Å². The van der Waals surface area contributed by atoms with Crippen molar-refractivity contribution < 1.29 is 18.3 Å². The van der Waals surface area contributed by atoms with Gasteiger partial charge in [-0.1, -0.05) is 18.2 Å². The third kappa shape index (κ3) is 7.25. The van der Waals surface area contributed by atoms with Crippen LogP contribution in [0.25, 0.3) is 0 Å². The average Bonchev–Trinajstić information content (AvgIpc) is 2.37. The fourth-order valence-electron chi connectivity index (χ4n) is 1.57. The van der Waals surface area contributed by atoms with Crippen molar-refractivity contribution in [2.24, 2.45) is 0 Å². The summed E-state index contributed by atoms with van der Waals surface area (Å²) in [4.78, 5) is 11.5. The zero-order valence-corrected chi connectivity index (χ0v) is 12.0. The predicted octanol–water partition coefficient (Wildman–Crippen LogP) is 2.33. The molecular formula is C13H19ClF2N2O2. The molecule has 0 spiro atoms. The van der Waals surface area contributed by atoms with E-state index < -0.39 is 6.61 Å². The predicted molar refractivity (Wildman–Crippen MR) is 75.3 cm³/mol. The molecule has 0 fully saturated rings. The van der Waals surface area contributed by atoms with Gasteiger partial charge in [-0.25, -0.2) is 0 Å². The molecule has 114 valence electrons. The Morgan fingerprint density at radius 1 is 1.35 bits per heavy atom. The number of nitrogens with one attached hydrogen (secondary N) is 2. The number of ether oxygens (including phenoxy) is 1. The molecule has 1 rings (SSSR count). The summed E-state index contributed by atoms with van der Waals surface area (Å²) in [6.45, 7) is -1.92. The summed E-state index contributed by atoms with van der Waals surface area (Å²) in [5.41, 5.74) is 0.532. The summed E-state index contributed by atoms with van der Waals surface area (Å²) in [6, 6.07) is 6.41. The minimum Gasteiger partial charge on any atom is -0.434 e. The van der Waals surface area contributed by atoms with E-state index in [1.54, 1.807) is 18.2 Å². The number of rotatable bonds is 8. The number of benzene rings is 1. The second kappa shape index (κ2) is 10.4. The van der Waals surface area contributed by atoms with Gasteiger partial charge in [-0.05, 0) is 26.1 Å². The Hall–Kier alpha value is -1.40. The van der Waals surface area contributed by atoms with Crippen molar-refractivity contribution in [3.8, 4) is 5.75 Å². The van der Waals surface area contributed by atoms with Crippen molar-refractivity contribution in [1.29, 1.82) is 0 Å². The lowest BCUT2D eigenvalue weighted by molar-refractivity contribution is -0.121. The van der Waals surface area contributed by atoms with E-state index in [1.165, 1.54) is 6.07 Å².